The predicted octanol–water partition coefficient (Wildman–Crippen LogP) is 5.12. The van der Waals surface area contributed by atoms with Gasteiger partial charge in [-0.15, -0.1) is 0 Å². The fourth-order valence-electron chi connectivity index (χ4n) is 5.06. The number of unbranched alkanes of at least 4 members (excludes halogenated alkanes) is 6. The molecule has 0 aliphatic rings. The summed E-state index contributed by atoms with van der Waals surface area (Å²) in [4.78, 5) is 50.6. The number of nitrogens with zero attached hydrogens (tertiary/aromatic N) is 1. The number of aliphatic carboxylic acids is 1. The molecule has 0 saturated heterocycles. The van der Waals surface area contributed by atoms with E-state index in [-0.39, 0.29) is 80.8 Å². The number of esters is 1. The van der Waals surface area contributed by atoms with Crippen LogP contribution in [0.15, 0.2) is 47.5 Å². The lowest BCUT2D eigenvalue weighted by Crippen LogP contribution is -2.28. The number of carbonyl (C=O) groups excluding carboxylic acids is 3. The van der Waals surface area contributed by atoms with E-state index in [0.29, 0.717) is 25.9 Å². The average molecular weight is 794 g/mol. The normalized spacial score (nSPS) is 11.6. The molecule has 0 spiro atoms. The SMILES string of the molecule is CC(C)(C)OC(=O)CCCCCCCCCc1ccc(S(=O)(=O)Nc2ccc(C(=O)NCCOCCOCC(=O)CCCOCCOCC(=O)O)cn2)cc1. The fourth-order valence-corrected chi connectivity index (χ4v) is 6.07. The minimum absolute atomic E-state index is 0.0442. The first-order valence-electron chi connectivity index (χ1n) is 18.9. The summed E-state index contributed by atoms with van der Waals surface area (Å²) >= 11 is 0. The van der Waals surface area contributed by atoms with Crippen molar-refractivity contribution in [3.05, 3.63) is 53.7 Å². The van der Waals surface area contributed by atoms with E-state index in [1.54, 1.807) is 12.1 Å². The number of benzene rings is 1. The van der Waals surface area contributed by atoms with Crippen LogP contribution in [0.2, 0.25) is 0 Å². The molecule has 15 nitrogen and oxygen atoms in total. The average Bonchev–Trinajstić information content (AvgIpc) is 3.12. The first-order chi connectivity index (χ1) is 26.2. The van der Waals surface area contributed by atoms with Gasteiger partial charge in [-0.2, -0.15) is 0 Å². The molecule has 1 aromatic heterocycles. The Labute approximate surface area is 325 Å². The van der Waals surface area contributed by atoms with Gasteiger partial charge in [0.1, 0.15) is 24.6 Å². The predicted molar refractivity (Wildman–Crippen MR) is 205 cm³/mol. The summed E-state index contributed by atoms with van der Waals surface area (Å²) in [5.74, 6) is -1.56. The fraction of sp³-hybridized carbons (Fsp3) is 0.615. The number of aromatic nitrogens is 1. The number of anilines is 1. The number of ketones is 1. The molecule has 55 heavy (non-hydrogen) atoms. The molecule has 0 bridgehead atoms. The van der Waals surface area contributed by atoms with E-state index in [4.69, 9.17) is 28.8 Å². The second-order valence-electron chi connectivity index (χ2n) is 13.9. The van der Waals surface area contributed by atoms with Crippen LogP contribution in [0.5, 0.6) is 0 Å². The summed E-state index contributed by atoms with van der Waals surface area (Å²) in [5, 5.41) is 11.2. The monoisotopic (exact) mass is 793 g/mol. The van der Waals surface area contributed by atoms with E-state index in [1.165, 1.54) is 18.3 Å². The minimum atomic E-state index is -3.87. The van der Waals surface area contributed by atoms with Gasteiger partial charge >= 0.3 is 11.9 Å². The lowest BCUT2D eigenvalue weighted by molar-refractivity contribution is -0.155. The number of hydrogen-bond donors (Lipinski definition) is 3. The van der Waals surface area contributed by atoms with Gasteiger partial charge in [0.25, 0.3) is 15.9 Å². The van der Waals surface area contributed by atoms with Crippen LogP contribution in [0, 0.1) is 0 Å². The molecular weight excluding hydrogens is 735 g/mol. The zero-order chi connectivity index (χ0) is 40.4. The standard InChI is InChI=1S/C39H59N3O12S/c1-39(2,3)54-37(46)14-10-8-6-4-5-7-9-12-31-15-18-34(19-16-31)55(48,49)42-35-20-17-32(28-41-35)38(47)40-21-23-51-25-26-52-29-33(43)13-11-22-50-24-27-53-30-36(44)45/h15-20,28H,4-14,21-27,29-30H2,1-3H3,(H,40,47)(H,41,42)(H,44,45). The highest BCUT2D eigenvalue weighted by molar-refractivity contribution is 7.92. The Kier molecular flexibility index (Phi) is 23.0. The zero-order valence-electron chi connectivity index (χ0n) is 32.5. The molecule has 0 saturated carbocycles. The number of carboxylic acid groups (broad SMARTS) is 1. The van der Waals surface area contributed by atoms with E-state index in [0.717, 1.165) is 56.9 Å². The number of amides is 1. The molecule has 1 aromatic carbocycles. The molecule has 0 aliphatic carbocycles. The molecule has 0 aliphatic heterocycles. The van der Waals surface area contributed by atoms with Crippen LogP contribution in [0.4, 0.5) is 5.82 Å². The van der Waals surface area contributed by atoms with E-state index in [1.807, 2.05) is 32.9 Å². The van der Waals surface area contributed by atoms with E-state index in [9.17, 15) is 27.6 Å². The molecule has 0 atom stereocenters. The Morgan fingerprint density at radius 2 is 1.33 bits per heavy atom. The number of pyridine rings is 1. The molecule has 0 radical (unpaired) electrons. The number of carboxylic acids is 1. The molecule has 1 heterocycles. The van der Waals surface area contributed by atoms with Crippen molar-refractivity contribution in [3.63, 3.8) is 0 Å². The van der Waals surface area contributed by atoms with Crippen molar-refractivity contribution >= 4 is 39.5 Å². The van der Waals surface area contributed by atoms with Crippen molar-refractivity contribution in [1.29, 1.82) is 0 Å². The number of carbonyl (C=O) groups is 4. The van der Waals surface area contributed by atoms with E-state index in [2.05, 4.69) is 15.0 Å². The molecule has 308 valence electrons. The highest BCUT2D eigenvalue weighted by Gasteiger charge is 2.17. The zero-order valence-corrected chi connectivity index (χ0v) is 33.3. The van der Waals surface area contributed by atoms with Gasteiger partial charge in [0.2, 0.25) is 0 Å². The van der Waals surface area contributed by atoms with Crippen LogP contribution < -0.4 is 10.0 Å². The second-order valence-corrected chi connectivity index (χ2v) is 15.5. The number of rotatable bonds is 31. The Morgan fingerprint density at radius 3 is 1.96 bits per heavy atom. The number of hydrogen-bond acceptors (Lipinski definition) is 12. The number of sulfonamides is 1. The van der Waals surface area contributed by atoms with Crippen LogP contribution in [0.25, 0.3) is 0 Å². The maximum atomic E-state index is 12.9. The number of aryl methyl sites for hydroxylation is 1. The smallest absolute Gasteiger partial charge is 0.329 e. The first kappa shape index (κ1) is 47.2. The van der Waals surface area contributed by atoms with Gasteiger partial charge in [-0.3, -0.25) is 19.1 Å². The maximum Gasteiger partial charge on any atom is 0.329 e. The van der Waals surface area contributed by atoms with E-state index < -0.39 is 27.5 Å². The third-order valence-electron chi connectivity index (χ3n) is 7.77. The van der Waals surface area contributed by atoms with Crippen molar-refractivity contribution in [2.24, 2.45) is 0 Å². The van der Waals surface area contributed by atoms with Gasteiger partial charge < -0.3 is 34.1 Å². The molecule has 0 fully saturated rings. The van der Waals surface area contributed by atoms with Gasteiger partial charge in [0, 0.05) is 32.2 Å². The van der Waals surface area contributed by atoms with Gasteiger partial charge in [-0.1, -0.05) is 44.2 Å². The highest BCUT2D eigenvalue weighted by Crippen LogP contribution is 2.18. The van der Waals surface area contributed by atoms with Crippen molar-refractivity contribution in [2.75, 3.05) is 64.1 Å². The Morgan fingerprint density at radius 1 is 0.709 bits per heavy atom. The van der Waals surface area contributed by atoms with Crippen molar-refractivity contribution in [2.45, 2.75) is 102 Å². The molecule has 1 amide bonds. The van der Waals surface area contributed by atoms with E-state index >= 15 is 0 Å². The number of ether oxygens (including phenoxy) is 5. The lowest BCUT2D eigenvalue weighted by atomic mass is 10.0. The first-order valence-corrected chi connectivity index (χ1v) is 20.4. The third-order valence-corrected chi connectivity index (χ3v) is 9.14. The Balaban J connectivity index is 1.53. The topological polar surface area (TPSA) is 206 Å². The summed E-state index contributed by atoms with van der Waals surface area (Å²) in [6.45, 7) is 6.90. The molecular formula is C39H59N3O12S. The molecule has 3 N–H and O–H groups in total. The van der Waals surface area contributed by atoms with Gasteiger partial charge in [-0.25, -0.2) is 18.2 Å². The largest absolute Gasteiger partial charge is 0.480 e. The summed E-state index contributed by atoms with van der Waals surface area (Å²) in [6.07, 6.45) is 10.7. The molecule has 2 aromatic rings. The summed E-state index contributed by atoms with van der Waals surface area (Å²) in [5.41, 5.74) is 0.879. The summed E-state index contributed by atoms with van der Waals surface area (Å²) in [6, 6.07) is 9.68. The molecule has 2 rings (SSSR count). The van der Waals surface area contributed by atoms with Crippen molar-refractivity contribution < 1.29 is 56.4 Å². The molecule has 0 unspecified atom stereocenters. The lowest BCUT2D eigenvalue weighted by Gasteiger charge is -2.19. The van der Waals surface area contributed by atoms with Crippen LogP contribution in [0.3, 0.4) is 0 Å². The Bertz CT molecular complexity index is 1530. The Hall–Kier alpha value is -3.96. The van der Waals surface area contributed by atoms with Crippen molar-refractivity contribution in [1.82, 2.24) is 10.3 Å². The maximum absolute atomic E-state index is 12.9. The van der Waals surface area contributed by atoms with Crippen molar-refractivity contribution in [3.8, 4) is 0 Å². The second kappa shape index (κ2) is 26.8. The van der Waals surface area contributed by atoms with Crippen LogP contribution in [-0.4, -0.2) is 107 Å². The summed E-state index contributed by atoms with van der Waals surface area (Å²) in [7, 11) is -3.87. The number of nitrogens with one attached hydrogen (secondary N) is 2. The van der Waals surface area contributed by atoms with Crippen LogP contribution in [-0.2, 0) is 54.5 Å². The van der Waals surface area contributed by atoms with Gasteiger partial charge in [0.15, 0.2) is 5.78 Å². The minimum Gasteiger partial charge on any atom is -0.480 e. The third kappa shape index (κ3) is 23.5. The van der Waals surface area contributed by atoms with Crippen LogP contribution in [0.1, 0.15) is 101 Å². The molecule has 16 heteroatoms. The quantitative estimate of drug-likeness (QED) is 0.0671. The van der Waals surface area contributed by atoms with Gasteiger partial charge in [0.05, 0.1) is 43.5 Å². The van der Waals surface area contributed by atoms with Gasteiger partial charge in [-0.05, 0) is 76.3 Å². The summed E-state index contributed by atoms with van der Waals surface area (Å²) < 4.78 is 54.5. The van der Waals surface area contributed by atoms with Crippen LogP contribution >= 0.6 is 0 Å². The highest BCUT2D eigenvalue weighted by atomic mass is 32.2. The number of Topliss-reactive ketones (excluding diaryl/α,β-unsaturated/α-hetero) is 1.